The molecule has 3 amide bonds. The standard InChI is InChI=1S/C17H17N5O4/c23-15(20-16-18-4-1-5-19-16)11-21-6-7-22(17(21)24)12-2-3-13-14(10-12)26-9-8-25-13/h1-5,10H,6-9,11H2,(H,18,19,20,23). The third-order valence-electron chi connectivity index (χ3n) is 4.08. The van der Waals surface area contributed by atoms with Crippen LogP contribution in [0, 0.1) is 0 Å². The lowest BCUT2D eigenvalue weighted by molar-refractivity contribution is -0.116. The monoisotopic (exact) mass is 355 g/mol. The molecule has 1 fully saturated rings. The fraction of sp³-hybridized carbons (Fsp3) is 0.294. The van der Waals surface area contributed by atoms with E-state index in [0.29, 0.717) is 43.5 Å². The number of carbonyl (C=O) groups is 2. The predicted molar refractivity (Wildman–Crippen MR) is 92.4 cm³/mol. The molecule has 2 aliphatic heterocycles. The Labute approximate surface area is 149 Å². The van der Waals surface area contributed by atoms with Gasteiger partial charge in [-0.25, -0.2) is 14.8 Å². The average molecular weight is 355 g/mol. The lowest BCUT2D eigenvalue weighted by Crippen LogP contribution is -2.37. The van der Waals surface area contributed by atoms with E-state index in [4.69, 9.17) is 9.47 Å². The summed E-state index contributed by atoms with van der Waals surface area (Å²) in [6.45, 7) is 1.89. The zero-order valence-corrected chi connectivity index (χ0v) is 13.9. The SMILES string of the molecule is O=C(CN1CCN(c2ccc3c(c2)OCCO3)C1=O)Nc1ncccn1. The molecule has 0 bridgehead atoms. The third-order valence-corrected chi connectivity index (χ3v) is 4.08. The molecule has 0 aliphatic carbocycles. The number of aromatic nitrogens is 2. The van der Waals surface area contributed by atoms with Crippen LogP contribution in [0.1, 0.15) is 0 Å². The number of nitrogens with zero attached hydrogens (tertiary/aromatic N) is 4. The second kappa shape index (κ2) is 6.87. The van der Waals surface area contributed by atoms with Crippen molar-refractivity contribution in [3.05, 3.63) is 36.7 Å². The number of fused-ring (bicyclic) bond motifs is 1. The molecule has 0 atom stereocenters. The van der Waals surface area contributed by atoms with Crippen LogP contribution in [-0.2, 0) is 4.79 Å². The minimum atomic E-state index is -0.339. The lowest BCUT2D eigenvalue weighted by Gasteiger charge is -2.22. The molecule has 1 aromatic heterocycles. The molecular formula is C17H17N5O4. The number of urea groups is 1. The van der Waals surface area contributed by atoms with Crippen molar-refractivity contribution in [1.29, 1.82) is 0 Å². The van der Waals surface area contributed by atoms with E-state index >= 15 is 0 Å². The smallest absolute Gasteiger partial charge is 0.325 e. The van der Waals surface area contributed by atoms with Crippen LogP contribution in [0.3, 0.4) is 0 Å². The summed E-state index contributed by atoms with van der Waals surface area (Å²) in [5.41, 5.74) is 0.716. The van der Waals surface area contributed by atoms with Gasteiger partial charge in [0.25, 0.3) is 0 Å². The summed E-state index contributed by atoms with van der Waals surface area (Å²) in [7, 11) is 0. The molecule has 1 saturated heterocycles. The Morgan fingerprint density at radius 3 is 2.69 bits per heavy atom. The lowest BCUT2D eigenvalue weighted by atomic mass is 10.2. The fourth-order valence-electron chi connectivity index (χ4n) is 2.87. The Morgan fingerprint density at radius 1 is 1.12 bits per heavy atom. The Morgan fingerprint density at radius 2 is 1.88 bits per heavy atom. The van der Waals surface area contributed by atoms with Crippen molar-refractivity contribution >= 4 is 23.6 Å². The quantitative estimate of drug-likeness (QED) is 0.883. The van der Waals surface area contributed by atoms with Gasteiger partial charge in [0.05, 0.1) is 0 Å². The first-order chi connectivity index (χ1) is 12.7. The number of benzene rings is 1. The van der Waals surface area contributed by atoms with E-state index in [1.165, 1.54) is 17.3 Å². The van der Waals surface area contributed by atoms with Crippen molar-refractivity contribution in [2.75, 3.05) is 43.1 Å². The highest BCUT2D eigenvalue weighted by molar-refractivity contribution is 5.99. The van der Waals surface area contributed by atoms with Gasteiger partial charge in [0.2, 0.25) is 11.9 Å². The van der Waals surface area contributed by atoms with Crippen LogP contribution in [0.4, 0.5) is 16.4 Å². The second-order valence-electron chi connectivity index (χ2n) is 5.80. The number of carbonyl (C=O) groups excluding carboxylic acids is 2. The van der Waals surface area contributed by atoms with E-state index in [2.05, 4.69) is 15.3 Å². The highest BCUT2D eigenvalue weighted by Gasteiger charge is 2.31. The molecule has 0 saturated carbocycles. The summed E-state index contributed by atoms with van der Waals surface area (Å²) in [6.07, 6.45) is 3.07. The normalized spacial score (nSPS) is 15.9. The Balaban J connectivity index is 1.41. The van der Waals surface area contributed by atoms with Crippen LogP contribution in [0.15, 0.2) is 36.7 Å². The molecule has 9 heteroatoms. The van der Waals surface area contributed by atoms with Gasteiger partial charge in [-0.2, -0.15) is 0 Å². The van der Waals surface area contributed by atoms with E-state index in [9.17, 15) is 9.59 Å². The Hall–Kier alpha value is -3.36. The van der Waals surface area contributed by atoms with Gasteiger partial charge in [-0.3, -0.25) is 15.0 Å². The first-order valence-electron chi connectivity index (χ1n) is 8.24. The van der Waals surface area contributed by atoms with Crippen molar-refractivity contribution in [2.24, 2.45) is 0 Å². The summed E-state index contributed by atoms with van der Waals surface area (Å²) in [5.74, 6) is 1.17. The van der Waals surface area contributed by atoms with Crippen LogP contribution >= 0.6 is 0 Å². The van der Waals surface area contributed by atoms with Gasteiger partial charge in [0, 0.05) is 37.2 Å². The van der Waals surface area contributed by atoms with Crippen molar-refractivity contribution in [3.63, 3.8) is 0 Å². The first kappa shape index (κ1) is 16.1. The van der Waals surface area contributed by atoms with Crippen LogP contribution in [0.5, 0.6) is 11.5 Å². The van der Waals surface area contributed by atoms with E-state index in [1.54, 1.807) is 23.1 Å². The number of rotatable bonds is 4. The summed E-state index contributed by atoms with van der Waals surface area (Å²) >= 11 is 0. The minimum absolute atomic E-state index is 0.0574. The average Bonchev–Trinajstić information content (AvgIpc) is 3.02. The van der Waals surface area contributed by atoms with Gasteiger partial charge in [-0.1, -0.05) is 0 Å². The predicted octanol–water partition coefficient (Wildman–Crippen LogP) is 1.13. The fourth-order valence-corrected chi connectivity index (χ4v) is 2.87. The van der Waals surface area contributed by atoms with E-state index in [-0.39, 0.29) is 24.4 Å². The number of hydrogen-bond donors (Lipinski definition) is 1. The highest BCUT2D eigenvalue weighted by atomic mass is 16.6. The third kappa shape index (κ3) is 3.23. The molecule has 1 N–H and O–H groups in total. The van der Waals surface area contributed by atoms with Crippen LogP contribution in [0.25, 0.3) is 0 Å². The number of amides is 3. The molecule has 2 aliphatic rings. The summed E-state index contributed by atoms with van der Waals surface area (Å²) < 4.78 is 11.1. The number of nitrogens with one attached hydrogen (secondary N) is 1. The van der Waals surface area contributed by atoms with Gasteiger partial charge in [0.1, 0.15) is 19.8 Å². The van der Waals surface area contributed by atoms with Crippen molar-refractivity contribution < 1.29 is 19.1 Å². The van der Waals surface area contributed by atoms with Crippen LogP contribution in [-0.4, -0.2) is 59.7 Å². The molecule has 26 heavy (non-hydrogen) atoms. The summed E-state index contributed by atoms with van der Waals surface area (Å²) in [4.78, 5) is 35.7. The van der Waals surface area contributed by atoms with E-state index < -0.39 is 0 Å². The number of anilines is 2. The zero-order chi connectivity index (χ0) is 17.9. The van der Waals surface area contributed by atoms with Crippen LogP contribution in [0.2, 0.25) is 0 Å². The molecule has 134 valence electrons. The largest absolute Gasteiger partial charge is 0.486 e. The Bertz CT molecular complexity index is 829. The first-order valence-corrected chi connectivity index (χ1v) is 8.24. The van der Waals surface area contributed by atoms with Gasteiger partial charge >= 0.3 is 6.03 Å². The van der Waals surface area contributed by atoms with Gasteiger partial charge in [0.15, 0.2) is 11.5 Å². The van der Waals surface area contributed by atoms with Crippen molar-refractivity contribution in [1.82, 2.24) is 14.9 Å². The maximum atomic E-state index is 12.6. The molecule has 2 aromatic rings. The maximum absolute atomic E-state index is 12.6. The second-order valence-corrected chi connectivity index (χ2v) is 5.80. The summed E-state index contributed by atoms with van der Waals surface area (Å²) in [5, 5.41) is 2.57. The summed E-state index contributed by atoms with van der Waals surface area (Å²) in [6, 6.07) is 6.82. The van der Waals surface area contributed by atoms with Gasteiger partial charge < -0.3 is 14.4 Å². The number of hydrogen-bond acceptors (Lipinski definition) is 6. The molecule has 0 spiro atoms. The molecular weight excluding hydrogens is 338 g/mol. The molecule has 9 nitrogen and oxygen atoms in total. The molecule has 0 unspecified atom stereocenters. The van der Waals surface area contributed by atoms with Gasteiger partial charge in [-0.05, 0) is 18.2 Å². The highest BCUT2D eigenvalue weighted by Crippen LogP contribution is 2.34. The molecule has 3 heterocycles. The maximum Gasteiger partial charge on any atom is 0.325 e. The molecule has 4 rings (SSSR count). The topological polar surface area (TPSA) is 96.9 Å². The van der Waals surface area contributed by atoms with E-state index in [0.717, 1.165) is 0 Å². The van der Waals surface area contributed by atoms with Crippen molar-refractivity contribution in [3.8, 4) is 11.5 Å². The Kier molecular flexibility index (Phi) is 4.26. The van der Waals surface area contributed by atoms with Crippen LogP contribution < -0.4 is 19.7 Å². The van der Waals surface area contributed by atoms with E-state index in [1.807, 2.05) is 6.07 Å². The molecule has 0 radical (unpaired) electrons. The number of ether oxygens (including phenoxy) is 2. The minimum Gasteiger partial charge on any atom is -0.486 e. The van der Waals surface area contributed by atoms with Crippen molar-refractivity contribution in [2.45, 2.75) is 0 Å². The zero-order valence-electron chi connectivity index (χ0n) is 13.9. The molecule has 1 aromatic carbocycles. The van der Waals surface area contributed by atoms with Gasteiger partial charge in [-0.15, -0.1) is 0 Å².